The Labute approximate surface area is 189 Å². The lowest BCUT2D eigenvalue weighted by molar-refractivity contribution is 0.121. The molecule has 2 saturated carbocycles. The van der Waals surface area contributed by atoms with Gasteiger partial charge in [-0.25, -0.2) is 0 Å². The molecule has 0 atom stereocenters. The van der Waals surface area contributed by atoms with Gasteiger partial charge in [-0.2, -0.15) is 0 Å². The van der Waals surface area contributed by atoms with Crippen molar-refractivity contribution < 1.29 is 4.74 Å². The highest BCUT2D eigenvalue weighted by atomic mass is 16.5. The van der Waals surface area contributed by atoms with E-state index in [4.69, 9.17) is 4.74 Å². The largest absolute Gasteiger partial charge is 0.377 e. The van der Waals surface area contributed by atoms with E-state index in [0.29, 0.717) is 6.61 Å². The zero-order valence-electron chi connectivity index (χ0n) is 19.4. The van der Waals surface area contributed by atoms with Crippen molar-refractivity contribution in [1.82, 2.24) is 0 Å². The molecule has 0 radical (unpaired) electrons. The number of ether oxygens (including phenoxy) is 1. The van der Waals surface area contributed by atoms with Crippen LogP contribution >= 0.6 is 0 Å². The first kappa shape index (κ1) is 22.3. The summed E-state index contributed by atoms with van der Waals surface area (Å²) >= 11 is 0. The van der Waals surface area contributed by atoms with Crippen LogP contribution in [-0.4, -0.2) is 6.61 Å². The summed E-state index contributed by atoms with van der Waals surface area (Å²) in [6, 6.07) is 18.3. The topological polar surface area (TPSA) is 9.23 Å². The smallest absolute Gasteiger partial charge is 0.0716 e. The summed E-state index contributed by atoms with van der Waals surface area (Å²) in [5.41, 5.74) is 5.41. The van der Waals surface area contributed by atoms with Crippen molar-refractivity contribution in [3.8, 4) is 11.1 Å². The molecule has 31 heavy (non-hydrogen) atoms. The molecular weight excluding hydrogens is 376 g/mol. The van der Waals surface area contributed by atoms with Crippen LogP contribution in [0.5, 0.6) is 0 Å². The van der Waals surface area contributed by atoms with E-state index in [1.54, 1.807) is 5.56 Å². The Bertz CT molecular complexity index is 787. The lowest BCUT2D eigenvalue weighted by Gasteiger charge is -2.37. The summed E-state index contributed by atoms with van der Waals surface area (Å²) in [6.45, 7) is 7.70. The van der Waals surface area contributed by atoms with E-state index in [1.807, 2.05) is 0 Å². The monoisotopic (exact) mass is 416 g/mol. The SMILES string of the molecule is C=CC1CCC(C2CCC(c3ccc(-c4ccc(COCCC)cc4)cc3)CC2)CC1. The predicted molar refractivity (Wildman–Crippen MR) is 132 cm³/mol. The quantitative estimate of drug-likeness (QED) is 0.309. The fourth-order valence-electron chi connectivity index (χ4n) is 5.85. The summed E-state index contributed by atoms with van der Waals surface area (Å²) in [5, 5.41) is 0. The van der Waals surface area contributed by atoms with E-state index in [-0.39, 0.29) is 0 Å². The van der Waals surface area contributed by atoms with Crippen molar-refractivity contribution in [3.63, 3.8) is 0 Å². The first-order valence-electron chi connectivity index (χ1n) is 12.7. The molecule has 0 N–H and O–H groups in total. The highest BCUT2D eigenvalue weighted by Gasteiger charge is 2.30. The first-order valence-corrected chi connectivity index (χ1v) is 12.7. The molecule has 0 saturated heterocycles. The van der Waals surface area contributed by atoms with E-state index < -0.39 is 0 Å². The number of hydrogen-bond acceptors (Lipinski definition) is 1. The van der Waals surface area contributed by atoms with Gasteiger partial charge < -0.3 is 4.74 Å². The van der Waals surface area contributed by atoms with E-state index >= 15 is 0 Å². The molecule has 4 rings (SSSR count). The number of rotatable bonds is 8. The molecule has 2 aromatic carbocycles. The van der Waals surface area contributed by atoms with Crippen molar-refractivity contribution in [2.24, 2.45) is 17.8 Å². The maximum atomic E-state index is 5.65. The Balaban J connectivity index is 1.28. The summed E-state index contributed by atoms with van der Waals surface area (Å²) in [5.74, 6) is 3.50. The van der Waals surface area contributed by atoms with Gasteiger partial charge in [0.2, 0.25) is 0 Å². The minimum atomic E-state index is 0.714. The Morgan fingerprint density at radius 1 is 0.774 bits per heavy atom. The molecule has 1 nitrogen and oxygen atoms in total. The summed E-state index contributed by atoms with van der Waals surface area (Å²) in [4.78, 5) is 0. The van der Waals surface area contributed by atoms with Crippen LogP contribution in [0.25, 0.3) is 11.1 Å². The van der Waals surface area contributed by atoms with Crippen molar-refractivity contribution in [2.45, 2.75) is 77.2 Å². The zero-order chi connectivity index (χ0) is 21.5. The third kappa shape index (κ3) is 5.89. The van der Waals surface area contributed by atoms with E-state index in [0.717, 1.165) is 36.7 Å². The van der Waals surface area contributed by atoms with Crippen LogP contribution < -0.4 is 0 Å². The molecular formula is C30H40O. The lowest BCUT2D eigenvalue weighted by Crippen LogP contribution is -2.25. The van der Waals surface area contributed by atoms with Crippen LogP contribution in [0.3, 0.4) is 0 Å². The van der Waals surface area contributed by atoms with Crippen molar-refractivity contribution in [1.29, 1.82) is 0 Å². The molecule has 1 heteroatoms. The van der Waals surface area contributed by atoms with Crippen LogP contribution in [0, 0.1) is 17.8 Å². The van der Waals surface area contributed by atoms with Gasteiger partial charge in [-0.15, -0.1) is 6.58 Å². The normalized spacial score (nSPS) is 26.5. The van der Waals surface area contributed by atoms with Gasteiger partial charge in [0.25, 0.3) is 0 Å². The third-order valence-corrected chi connectivity index (χ3v) is 7.87. The van der Waals surface area contributed by atoms with E-state index in [2.05, 4.69) is 68.1 Å². The highest BCUT2D eigenvalue weighted by Crippen LogP contribution is 2.44. The Morgan fingerprint density at radius 2 is 1.32 bits per heavy atom. The molecule has 0 bridgehead atoms. The van der Waals surface area contributed by atoms with Gasteiger partial charge in [0.05, 0.1) is 6.61 Å². The minimum absolute atomic E-state index is 0.714. The van der Waals surface area contributed by atoms with Crippen molar-refractivity contribution in [2.75, 3.05) is 6.61 Å². The average Bonchev–Trinajstić information content (AvgIpc) is 2.85. The van der Waals surface area contributed by atoms with Gasteiger partial charge >= 0.3 is 0 Å². The summed E-state index contributed by atoms with van der Waals surface area (Å²) in [7, 11) is 0. The van der Waals surface area contributed by atoms with Gasteiger partial charge in [0, 0.05) is 6.61 Å². The van der Waals surface area contributed by atoms with Gasteiger partial charge in [0.1, 0.15) is 0 Å². The van der Waals surface area contributed by atoms with Crippen LogP contribution in [-0.2, 0) is 11.3 Å². The second kappa shape index (κ2) is 11.1. The molecule has 2 aromatic rings. The molecule has 166 valence electrons. The molecule has 0 aliphatic heterocycles. The first-order chi connectivity index (χ1) is 15.3. The minimum Gasteiger partial charge on any atom is -0.377 e. The lowest BCUT2D eigenvalue weighted by atomic mass is 9.68. The predicted octanol–water partition coefficient (Wildman–Crippen LogP) is 8.55. The van der Waals surface area contributed by atoms with Gasteiger partial charge in [-0.05, 0) is 104 Å². The number of benzene rings is 2. The Hall–Kier alpha value is -1.86. The number of hydrogen-bond donors (Lipinski definition) is 0. The molecule has 0 aromatic heterocycles. The fourth-order valence-corrected chi connectivity index (χ4v) is 5.85. The van der Waals surface area contributed by atoms with Crippen LogP contribution in [0.15, 0.2) is 61.2 Å². The second-order valence-electron chi connectivity index (χ2n) is 9.89. The maximum absolute atomic E-state index is 5.65. The molecule has 0 amide bonds. The molecule has 2 aliphatic rings. The van der Waals surface area contributed by atoms with Crippen LogP contribution in [0.2, 0.25) is 0 Å². The van der Waals surface area contributed by atoms with Gasteiger partial charge in [0.15, 0.2) is 0 Å². The summed E-state index contributed by atoms with van der Waals surface area (Å²) in [6.07, 6.45) is 14.5. The molecule has 0 spiro atoms. The molecule has 0 unspecified atom stereocenters. The van der Waals surface area contributed by atoms with Crippen LogP contribution in [0.1, 0.15) is 81.8 Å². The van der Waals surface area contributed by atoms with Gasteiger partial charge in [-0.1, -0.05) is 61.5 Å². The third-order valence-electron chi connectivity index (χ3n) is 7.87. The maximum Gasteiger partial charge on any atom is 0.0716 e. The summed E-state index contributed by atoms with van der Waals surface area (Å²) < 4.78 is 5.65. The van der Waals surface area contributed by atoms with E-state index in [9.17, 15) is 0 Å². The Kier molecular flexibility index (Phi) is 8.03. The fraction of sp³-hybridized carbons (Fsp3) is 0.533. The van der Waals surface area contributed by atoms with Gasteiger partial charge in [-0.3, -0.25) is 0 Å². The van der Waals surface area contributed by atoms with E-state index in [1.165, 1.54) is 68.1 Å². The van der Waals surface area contributed by atoms with Crippen molar-refractivity contribution in [3.05, 3.63) is 72.3 Å². The number of allylic oxidation sites excluding steroid dienone is 1. The second-order valence-corrected chi connectivity index (χ2v) is 9.89. The van der Waals surface area contributed by atoms with Crippen molar-refractivity contribution >= 4 is 0 Å². The molecule has 2 fully saturated rings. The average molecular weight is 417 g/mol. The standard InChI is InChI=1S/C30H40O/c1-3-21-31-22-24-7-11-26(12-8-24)28-15-19-30(20-16-28)29-17-13-27(14-18-29)25-9-5-23(4-2)6-10-25/h4,7-8,11-12,15-16,19-20,23,25,27,29H,2-3,5-6,9-10,13-14,17-18,21-22H2,1H3. The molecule has 0 heterocycles. The van der Waals surface area contributed by atoms with Crippen LogP contribution in [0.4, 0.5) is 0 Å². The Morgan fingerprint density at radius 3 is 1.87 bits per heavy atom. The highest BCUT2D eigenvalue weighted by molar-refractivity contribution is 5.64. The molecule has 2 aliphatic carbocycles. The zero-order valence-corrected chi connectivity index (χ0v) is 19.4.